The quantitative estimate of drug-likeness (QED) is 0.765. The Morgan fingerprint density at radius 2 is 2.00 bits per heavy atom. The van der Waals surface area contributed by atoms with Crippen LogP contribution in [0.2, 0.25) is 0 Å². The van der Waals surface area contributed by atoms with E-state index in [-0.39, 0.29) is 37.7 Å². The summed E-state index contributed by atoms with van der Waals surface area (Å²) < 4.78 is 0. The number of thiophene rings is 2. The molecule has 126 valence electrons. The Morgan fingerprint density at radius 1 is 1.25 bits per heavy atom. The molecule has 0 spiro atoms. The summed E-state index contributed by atoms with van der Waals surface area (Å²) in [5, 5.41) is 16.8. The van der Waals surface area contributed by atoms with Gasteiger partial charge >= 0.3 is 0 Å². The van der Waals surface area contributed by atoms with E-state index in [2.05, 4.69) is 5.32 Å². The van der Waals surface area contributed by atoms with Gasteiger partial charge in [-0.3, -0.25) is 19.3 Å². The number of amides is 3. The van der Waals surface area contributed by atoms with Crippen LogP contribution < -0.4 is 5.32 Å². The van der Waals surface area contributed by atoms with Crippen LogP contribution in [-0.2, 0) is 14.4 Å². The molecule has 3 amide bonds. The van der Waals surface area contributed by atoms with Gasteiger partial charge in [0.1, 0.15) is 12.6 Å². The molecule has 1 aliphatic rings. The van der Waals surface area contributed by atoms with E-state index < -0.39 is 12.0 Å². The van der Waals surface area contributed by atoms with Crippen LogP contribution in [0.5, 0.6) is 0 Å². The predicted molar refractivity (Wildman–Crippen MR) is 91.6 cm³/mol. The number of nitrogens with one attached hydrogen (secondary N) is 1. The van der Waals surface area contributed by atoms with Crippen LogP contribution in [0.25, 0.3) is 10.4 Å². The van der Waals surface area contributed by atoms with Crippen LogP contribution in [0.1, 0.15) is 23.8 Å². The molecule has 8 heteroatoms. The van der Waals surface area contributed by atoms with Crippen LogP contribution in [0.15, 0.2) is 29.0 Å². The van der Waals surface area contributed by atoms with Crippen molar-refractivity contribution in [2.24, 2.45) is 0 Å². The monoisotopic (exact) mass is 364 g/mol. The number of carbonyl (C=O) groups is 3. The Kier molecular flexibility index (Phi) is 5.08. The molecule has 2 aromatic heterocycles. The molecule has 3 rings (SSSR count). The zero-order valence-electron chi connectivity index (χ0n) is 12.7. The molecule has 3 heterocycles. The van der Waals surface area contributed by atoms with Crippen molar-refractivity contribution in [2.45, 2.75) is 18.9 Å². The minimum absolute atomic E-state index is 0.0403. The summed E-state index contributed by atoms with van der Waals surface area (Å²) in [4.78, 5) is 37.6. The highest BCUT2D eigenvalue weighted by molar-refractivity contribution is 7.16. The van der Waals surface area contributed by atoms with Crippen LogP contribution in [-0.4, -0.2) is 40.8 Å². The highest BCUT2D eigenvalue weighted by Gasteiger charge is 2.30. The number of hydrogen-bond acceptors (Lipinski definition) is 6. The number of rotatable bonds is 6. The highest BCUT2D eigenvalue weighted by Crippen LogP contribution is 2.32. The predicted octanol–water partition coefficient (Wildman–Crippen LogP) is 1.78. The van der Waals surface area contributed by atoms with Crippen LogP contribution >= 0.6 is 22.7 Å². The molecule has 0 unspecified atom stereocenters. The smallest absolute Gasteiger partial charge is 0.240 e. The molecule has 2 aromatic rings. The summed E-state index contributed by atoms with van der Waals surface area (Å²) in [6.45, 7) is -0.242. The molecular weight excluding hydrogens is 348 g/mol. The van der Waals surface area contributed by atoms with Gasteiger partial charge in [-0.1, -0.05) is 0 Å². The van der Waals surface area contributed by atoms with Crippen molar-refractivity contribution in [3.05, 3.63) is 33.8 Å². The standard InChI is InChI=1S/C16H16N2O4S2/c19-11(13-2-1-12(24-13)10-5-6-23-9-10)7-17-14(20)8-18-15(21)3-4-16(18)22/h1-2,5-6,9,11,19H,3-4,7-8H2,(H,17,20)/t11-/m1/s1. The molecule has 2 N–H and O–H groups in total. The molecule has 1 atom stereocenters. The molecule has 1 aliphatic heterocycles. The Hall–Kier alpha value is -2.03. The van der Waals surface area contributed by atoms with Crippen molar-refractivity contribution < 1.29 is 19.5 Å². The fourth-order valence-electron chi connectivity index (χ4n) is 2.40. The Labute approximate surface area is 146 Å². The summed E-state index contributed by atoms with van der Waals surface area (Å²) in [6.07, 6.45) is -0.499. The van der Waals surface area contributed by atoms with E-state index in [9.17, 15) is 19.5 Å². The summed E-state index contributed by atoms with van der Waals surface area (Å²) >= 11 is 3.08. The van der Waals surface area contributed by atoms with Crippen molar-refractivity contribution in [2.75, 3.05) is 13.1 Å². The second kappa shape index (κ2) is 7.25. The van der Waals surface area contributed by atoms with Crippen LogP contribution in [0.3, 0.4) is 0 Å². The zero-order valence-corrected chi connectivity index (χ0v) is 14.4. The molecule has 0 bridgehead atoms. The first kappa shape index (κ1) is 16.8. The number of carbonyl (C=O) groups excluding carboxylic acids is 3. The maximum Gasteiger partial charge on any atom is 0.240 e. The molecule has 0 aliphatic carbocycles. The second-order valence-corrected chi connectivity index (χ2v) is 7.30. The molecule has 6 nitrogen and oxygen atoms in total. The van der Waals surface area contributed by atoms with Crippen molar-refractivity contribution in [1.29, 1.82) is 0 Å². The van der Waals surface area contributed by atoms with Crippen molar-refractivity contribution in [3.8, 4) is 10.4 Å². The Bertz CT molecular complexity index is 738. The third-order valence-corrected chi connectivity index (χ3v) is 5.63. The van der Waals surface area contributed by atoms with Gasteiger partial charge in [-0.25, -0.2) is 0 Å². The third-order valence-electron chi connectivity index (χ3n) is 3.71. The Morgan fingerprint density at radius 3 is 2.67 bits per heavy atom. The first-order valence-corrected chi connectivity index (χ1v) is 9.21. The maximum atomic E-state index is 11.9. The van der Waals surface area contributed by atoms with E-state index in [0.29, 0.717) is 0 Å². The maximum absolute atomic E-state index is 11.9. The van der Waals surface area contributed by atoms with Crippen molar-refractivity contribution in [1.82, 2.24) is 10.2 Å². The third kappa shape index (κ3) is 3.72. The highest BCUT2D eigenvalue weighted by atomic mass is 32.1. The lowest BCUT2D eigenvalue weighted by Gasteiger charge is -2.15. The van der Waals surface area contributed by atoms with E-state index in [1.807, 2.05) is 29.0 Å². The molecule has 0 saturated carbocycles. The van der Waals surface area contributed by atoms with Crippen LogP contribution in [0, 0.1) is 0 Å². The van der Waals surface area contributed by atoms with Gasteiger partial charge in [0.15, 0.2) is 0 Å². The van der Waals surface area contributed by atoms with E-state index in [0.717, 1.165) is 20.2 Å². The summed E-state index contributed by atoms with van der Waals surface area (Å²) in [7, 11) is 0. The topological polar surface area (TPSA) is 86.7 Å². The second-order valence-electron chi connectivity index (χ2n) is 5.41. The normalized spacial score (nSPS) is 15.8. The van der Waals surface area contributed by atoms with Crippen molar-refractivity contribution >= 4 is 40.4 Å². The van der Waals surface area contributed by atoms with Gasteiger partial charge in [-0.15, -0.1) is 11.3 Å². The lowest BCUT2D eigenvalue weighted by Crippen LogP contribution is -2.41. The molecule has 0 radical (unpaired) electrons. The van der Waals surface area contributed by atoms with Crippen molar-refractivity contribution in [3.63, 3.8) is 0 Å². The summed E-state index contributed by atoms with van der Waals surface area (Å²) in [5.74, 6) is -1.10. The Balaban J connectivity index is 1.52. The minimum atomic E-state index is -0.823. The van der Waals surface area contributed by atoms with E-state index in [1.165, 1.54) is 11.3 Å². The molecule has 0 aromatic carbocycles. The zero-order chi connectivity index (χ0) is 17.1. The molecule has 1 saturated heterocycles. The SMILES string of the molecule is O=C(CN1C(=O)CCC1=O)NC[C@@H](O)c1ccc(-c2ccsc2)s1. The van der Waals surface area contributed by atoms with E-state index in [1.54, 1.807) is 11.3 Å². The number of nitrogens with zero attached hydrogens (tertiary/aromatic N) is 1. The molecule has 24 heavy (non-hydrogen) atoms. The van der Waals surface area contributed by atoms with Gasteiger partial charge in [0, 0.05) is 34.7 Å². The molecular formula is C16H16N2O4S2. The average molecular weight is 364 g/mol. The lowest BCUT2D eigenvalue weighted by atomic mass is 10.2. The van der Waals surface area contributed by atoms with E-state index >= 15 is 0 Å². The first-order valence-electron chi connectivity index (χ1n) is 7.45. The fourth-order valence-corrected chi connectivity index (χ4v) is 4.12. The fraction of sp³-hybridized carbons (Fsp3) is 0.312. The number of aliphatic hydroxyl groups excluding tert-OH is 1. The van der Waals surface area contributed by atoms with Gasteiger partial charge in [0.2, 0.25) is 17.7 Å². The van der Waals surface area contributed by atoms with Crippen LogP contribution in [0.4, 0.5) is 0 Å². The van der Waals surface area contributed by atoms with Gasteiger partial charge in [-0.05, 0) is 29.0 Å². The first-order chi connectivity index (χ1) is 11.5. The number of imide groups is 1. The summed E-state index contributed by atoms with van der Waals surface area (Å²) in [6, 6.07) is 5.79. The van der Waals surface area contributed by atoms with E-state index in [4.69, 9.17) is 0 Å². The lowest BCUT2D eigenvalue weighted by molar-refractivity contribution is -0.142. The number of likely N-dealkylation sites (tertiary alicyclic amines) is 1. The minimum Gasteiger partial charge on any atom is -0.386 e. The number of aliphatic hydroxyl groups is 1. The molecule has 1 fully saturated rings. The number of hydrogen-bond donors (Lipinski definition) is 2. The summed E-state index contributed by atoms with van der Waals surface area (Å²) in [5.41, 5.74) is 1.11. The van der Waals surface area contributed by atoms with Gasteiger partial charge in [0.25, 0.3) is 0 Å². The largest absolute Gasteiger partial charge is 0.386 e. The average Bonchev–Trinajstić information content (AvgIpc) is 3.29. The van der Waals surface area contributed by atoms with Gasteiger partial charge in [-0.2, -0.15) is 11.3 Å². The van der Waals surface area contributed by atoms with Gasteiger partial charge in [0.05, 0.1) is 0 Å². The van der Waals surface area contributed by atoms with Gasteiger partial charge < -0.3 is 10.4 Å².